The van der Waals surface area contributed by atoms with E-state index in [9.17, 15) is 19.8 Å². The Hall–Kier alpha value is -2.42. The van der Waals surface area contributed by atoms with E-state index in [0.717, 1.165) is 31.4 Å². The van der Waals surface area contributed by atoms with Crippen molar-refractivity contribution in [3.05, 3.63) is 40.5 Å². The third-order valence-corrected chi connectivity index (χ3v) is 6.81. The molecule has 2 unspecified atom stereocenters. The molecule has 1 aliphatic carbocycles. The second-order valence-corrected chi connectivity index (χ2v) is 9.46. The molecule has 1 saturated carbocycles. The molecule has 2 amide bonds. The molecular weight excluding hydrogens is 456 g/mol. The molecule has 1 aromatic carbocycles. The molecule has 0 saturated heterocycles. The highest BCUT2D eigenvalue weighted by Gasteiger charge is 2.24. The maximum absolute atomic E-state index is 12.9. The molecule has 0 bridgehead atoms. The van der Waals surface area contributed by atoms with Gasteiger partial charge < -0.3 is 20.8 Å². The van der Waals surface area contributed by atoms with Crippen LogP contribution in [0.2, 0.25) is 5.02 Å². The number of aromatic nitrogens is 2. The summed E-state index contributed by atoms with van der Waals surface area (Å²) >= 11 is 6.31. The molecule has 34 heavy (non-hydrogen) atoms. The maximum Gasteiger partial charge on any atom is 0.254 e. The van der Waals surface area contributed by atoms with Gasteiger partial charge in [0.2, 0.25) is 5.91 Å². The van der Waals surface area contributed by atoms with Crippen LogP contribution in [0.4, 0.5) is 0 Å². The Morgan fingerprint density at radius 1 is 1.18 bits per heavy atom. The number of carbonyl (C=O) groups excluding carboxylic acids is 2. The fourth-order valence-corrected chi connectivity index (χ4v) is 4.52. The number of amides is 2. The van der Waals surface area contributed by atoms with Gasteiger partial charge in [0.15, 0.2) is 0 Å². The van der Waals surface area contributed by atoms with Crippen molar-refractivity contribution in [2.75, 3.05) is 6.61 Å². The van der Waals surface area contributed by atoms with Gasteiger partial charge in [-0.3, -0.25) is 14.3 Å². The number of rotatable bonds is 9. The highest BCUT2D eigenvalue weighted by Crippen LogP contribution is 2.27. The van der Waals surface area contributed by atoms with Crippen LogP contribution in [0.3, 0.4) is 0 Å². The van der Waals surface area contributed by atoms with Crippen LogP contribution in [0.5, 0.6) is 0 Å². The van der Waals surface area contributed by atoms with Gasteiger partial charge in [-0.2, -0.15) is 5.10 Å². The van der Waals surface area contributed by atoms with E-state index < -0.39 is 12.1 Å². The average Bonchev–Trinajstić information content (AvgIpc) is 3.01. The zero-order valence-electron chi connectivity index (χ0n) is 19.9. The second-order valence-electron chi connectivity index (χ2n) is 9.05. The van der Waals surface area contributed by atoms with Crippen LogP contribution in [0.1, 0.15) is 67.9 Å². The van der Waals surface area contributed by atoms with Gasteiger partial charge in [0.05, 0.1) is 28.9 Å². The van der Waals surface area contributed by atoms with Gasteiger partial charge in [-0.25, -0.2) is 0 Å². The number of aryl methyl sites for hydroxylation is 1. The molecule has 2 aromatic rings. The highest BCUT2D eigenvalue weighted by molar-refractivity contribution is 6.34. The predicted octanol–water partition coefficient (Wildman–Crippen LogP) is 3.42. The Balaban J connectivity index is 1.72. The van der Waals surface area contributed by atoms with Crippen LogP contribution < -0.4 is 10.6 Å². The smallest absolute Gasteiger partial charge is 0.254 e. The summed E-state index contributed by atoms with van der Waals surface area (Å²) in [4.78, 5) is 25.2. The predicted molar refractivity (Wildman–Crippen MR) is 131 cm³/mol. The lowest BCUT2D eigenvalue weighted by Crippen LogP contribution is -2.40. The van der Waals surface area contributed by atoms with Crippen LogP contribution >= 0.6 is 11.6 Å². The van der Waals surface area contributed by atoms with Gasteiger partial charge in [0, 0.05) is 17.2 Å². The lowest BCUT2D eigenvalue weighted by atomic mass is 9.98. The fourth-order valence-electron chi connectivity index (χ4n) is 4.31. The number of benzene rings is 1. The van der Waals surface area contributed by atoms with Crippen LogP contribution in [-0.2, 0) is 11.3 Å². The second kappa shape index (κ2) is 12.3. The molecule has 186 valence electrons. The van der Waals surface area contributed by atoms with Crippen LogP contribution in [0.25, 0.3) is 11.3 Å². The number of nitrogens with one attached hydrogen (secondary N) is 2. The molecule has 8 nitrogen and oxygen atoms in total. The lowest BCUT2D eigenvalue weighted by Gasteiger charge is -2.22. The molecule has 2 atom stereocenters. The van der Waals surface area contributed by atoms with Crippen LogP contribution in [0.15, 0.2) is 24.3 Å². The summed E-state index contributed by atoms with van der Waals surface area (Å²) < 4.78 is 1.58. The minimum Gasteiger partial charge on any atom is -0.394 e. The zero-order valence-corrected chi connectivity index (χ0v) is 20.6. The number of carbonyl (C=O) groups is 2. The van der Waals surface area contributed by atoms with Gasteiger partial charge in [0.1, 0.15) is 12.8 Å². The quantitative estimate of drug-likeness (QED) is 0.317. The van der Waals surface area contributed by atoms with Crippen molar-refractivity contribution in [1.82, 2.24) is 20.4 Å². The number of nitrogens with zero attached hydrogens (tertiary/aromatic N) is 2. The Labute approximate surface area is 205 Å². The first-order valence-electron chi connectivity index (χ1n) is 12.1. The fraction of sp³-hybridized carbons (Fsp3) is 0.560. The summed E-state index contributed by atoms with van der Waals surface area (Å²) in [6.07, 6.45) is 5.99. The van der Waals surface area contributed by atoms with Crippen molar-refractivity contribution >= 4 is 23.4 Å². The normalized spacial score (nSPS) is 16.5. The summed E-state index contributed by atoms with van der Waals surface area (Å²) in [7, 11) is 0. The van der Waals surface area contributed by atoms with E-state index in [1.165, 1.54) is 12.8 Å². The van der Waals surface area contributed by atoms with E-state index in [4.69, 9.17) is 11.6 Å². The molecular formula is C25H35ClN4O4. The van der Waals surface area contributed by atoms with Gasteiger partial charge in [-0.05, 0) is 44.4 Å². The highest BCUT2D eigenvalue weighted by atomic mass is 35.5. The first kappa shape index (κ1) is 26.2. The first-order chi connectivity index (χ1) is 16.3. The molecule has 1 fully saturated rings. The molecule has 0 aliphatic heterocycles. The van der Waals surface area contributed by atoms with Crippen molar-refractivity contribution in [2.24, 2.45) is 5.92 Å². The monoisotopic (exact) mass is 490 g/mol. The minimum absolute atomic E-state index is 0.0246. The van der Waals surface area contributed by atoms with Gasteiger partial charge in [-0.15, -0.1) is 0 Å². The summed E-state index contributed by atoms with van der Waals surface area (Å²) in [6, 6.07) is 6.61. The van der Waals surface area contributed by atoms with Crippen LogP contribution in [0, 0.1) is 12.8 Å². The Morgan fingerprint density at radius 3 is 2.53 bits per heavy atom. The molecule has 0 spiro atoms. The minimum atomic E-state index is -0.906. The standard InChI is InChI=1S/C25H35ClN4O4/c1-3-19(15-31)27-23(32)14-30-16(2)12-22(29-30)18-10-11-21(26)20(13-18)25(34)28-24(33)17-8-6-4-5-7-9-17/h10-13,17,19,24,31,33H,3-9,14-15H2,1-2H3,(H,27,32)(H,28,34). The van der Waals surface area contributed by atoms with E-state index in [0.29, 0.717) is 22.7 Å². The van der Waals surface area contributed by atoms with Gasteiger partial charge in [0.25, 0.3) is 5.91 Å². The number of aliphatic hydroxyl groups excluding tert-OH is 2. The molecule has 3 rings (SSSR count). The topological polar surface area (TPSA) is 116 Å². The Bertz CT molecular complexity index is 981. The average molecular weight is 491 g/mol. The molecule has 0 radical (unpaired) electrons. The summed E-state index contributed by atoms with van der Waals surface area (Å²) in [6.45, 7) is 3.65. The third kappa shape index (κ3) is 6.81. The molecule has 9 heteroatoms. The largest absolute Gasteiger partial charge is 0.394 e. The van der Waals surface area contributed by atoms with E-state index in [1.807, 2.05) is 19.9 Å². The van der Waals surface area contributed by atoms with Crippen molar-refractivity contribution in [3.63, 3.8) is 0 Å². The van der Waals surface area contributed by atoms with Crippen molar-refractivity contribution in [2.45, 2.75) is 77.6 Å². The Morgan fingerprint density at radius 2 is 1.88 bits per heavy atom. The molecule has 1 heterocycles. The zero-order chi connectivity index (χ0) is 24.7. The maximum atomic E-state index is 12.9. The summed E-state index contributed by atoms with van der Waals surface area (Å²) in [5.74, 6) is -0.605. The number of hydrogen-bond donors (Lipinski definition) is 4. The summed E-state index contributed by atoms with van der Waals surface area (Å²) in [5, 5.41) is 30.2. The number of hydrogen-bond acceptors (Lipinski definition) is 5. The van der Waals surface area contributed by atoms with E-state index in [1.54, 1.807) is 22.9 Å². The van der Waals surface area contributed by atoms with E-state index >= 15 is 0 Å². The molecule has 1 aromatic heterocycles. The number of aliphatic hydroxyl groups is 2. The summed E-state index contributed by atoms with van der Waals surface area (Å²) in [5.41, 5.74) is 2.34. The molecule has 1 aliphatic rings. The lowest BCUT2D eigenvalue weighted by molar-refractivity contribution is -0.122. The van der Waals surface area contributed by atoms with E-state index in [2.05, 4.69) is 15.7 Å². The van der Waals surface area contributed by atoms with Crippen molar-refractivity contribution in [1.29, 1.82) is 0 Å². The van der Waals surface area contributed by atoms with Gasteiger partial charge in [-0.1, -0.05) is 50.3 Å². The third-order valence-electron chi connectivity index (χ3n) is 6.48. The molecule has 4 N–H and O–H groups in total. The van der Waals surface area contributed by atoms with Crippen LogP contribution in [-0.4, -0.2) is 50.7 Å². The first-order valence-corrected chi connectivity index (χ1v) is 12.4. The van der Waals surface area contributed by atoms with Gasteiger partial charge >= 0.3 is 0 Å². The van der Waals surface area contributed by atoms with Crippen molar-refractivity contribution < 1.29 is 19.8 Å². The number of halogens is 1. The SMILES string of the molecule is CCC(CO)NC(=O)Cn1nc(-c2ccc(Cl)c(C(=O)NC(O)C3CCCCCC3)c2)cc1C. The Kier molecular flexibility index (Phi) is 9.50. The van der Waals surface area contributed by atoms with E-state index in [-0.39, 0.29) is 36.6 Å². The van der Waals surface area contributed by atoms with Crippen molar-refractivity contribution in [3.8, 4) is 11.3 Å².